The number of benzene rings is 1. The number of aliphatic hydroxyl groups excluding tert-OH is 1. The first-order valence-corrected chi connectivity index (χ1v) is 15.2. The van der Waals surface area contributed by atoms with Crippen LogP contribution >= 0.6 is 11.8 Å². The Bertz CT molecular complexity index is 1330. The third-order valence-corrected chi connectivity index (χ3v) is 10.5. The Labute approximate surface area is 244 Å². The highest BCUT2D eigenvalue weighted by Gasteiger charge is 2.74. The first kappa shape index (κ1) is 29.3. The molecule has 2 aromatic rings. The van der Waals surface area contributed by atoms with Crippen LogP contribution in [0.15, 0.2) is 49.6 Å². The summed E-state index contributed by atoms with van der Waals surface area (Å²) in [5.74, 6) is -2.00. The number of hydrogen-bond acceptors (Lipinski definition) is 8. The second kappa shape index (κ2) is 12.0. The number of aliphatic hydroxyl groups is 1. The maximum atomic E-state index is 14.7. The van der Waals surface area contributed by atoms with Gasteiger partial charge in [-0.15, -0.1) is 30.0 Å². The van der Waals surface area contributed by atoms with Gasteiger partial charge in [0.1, 0.15) is 18.2 Å². The monoisotopic (exact) mass is 581 g/mol. The fourth-order valence-corrected chi connectivity index (χ4v) is 9.11. The van der Waals surface area contributed by atoms with E-state index in [-0.39, 0.29) is 49.4 Å². The van der Waals surface area contributed by atoms with Gasteiger partial charge in [0, 0.05) is 11.8 Å². The minimum absolute atomic E-state index is 0.0950. The van der Waals surface area contributed by atoms with Gasteiger partial charge in [0.05, 0.1) is 41.4 Å². The van der Waals surface area contributed by atoms with Gasteiger partial charge in [0.15, 0.2) is 0 Å². The minimum Gasteiger partial charge on any atom is -0.465 e. The molecule has 6 atom stereocenters. The van der Waals surface area contributed by atoms with Crippen LogP contribution in [0, 0.1) is 17.8 Å². The predicted molar refractivity (Wildman–Crippen MR) is 156 cm³/mol. The van der Waals surface area contributed by atoms with Crippen molar-refractivity contribution in [2.75, 3.05) is 19.8 Å². The summed E-state index contributed by atoms with van der Waals surface area (Å²) in [6, 6.07) is 6.14. The molecule has 2 unspecified atom stereocenters. The van der Waals surface area contributed by atoms with Gasteiger partial charge in [0.25, 0.3) is 0 Å². The summed E-state index contributed by atoms with van der Waals surface area (Å²) in [5, 5.41) is 18.9. The third kappa shape index (κ3) is 5.07. The molecule has 3 fully saturated rings. The number of likely N-dealkylation sites (tertiary alicyclic amines) is 1. The number of esters is 1. The molecular formula is C30H39N5O5S. The van der Waals surface area contributed by atoms with Gasteiger partial charge in [-0.2, -0.15) is 0 Å². The molecular weight excluding hydrogens is 542 g/mol. The van der Waals surface area contributed by atoms with Crippen LogP contribution < -0.4 is 0 Å². The van der Waals surface area contributed by atoms with Crippen molar-refractivity contribution < 1.29 is 24.2 Å². The Kier molecular flexibility index (Phi) is 8.56. The largest absolute Gasteiger partial charge is 0.465 e. The highest BCUT2D eigenvalue weighted by molar-refractivity contribution is 8.02. The molecule has 2 amide bonds. The summed E-state index contributed by atoms with van der Waals surface area (Å²) >= 11 is 1.59. The van der Waals surface area contributed by atoms with Crippen LogP contribution in [0.5, 0.6) is 0 Å². The molecule has 3 saturated heterocycles. The predicted octanol–water partition coefficient (Wildman–Crippen LogP) is 3.02. The maximum absolute atomic E-state index is 14.7. The van der Waals surface area contributed by atoms with Crippen molar-refractivity contribution in [2.45, 2.75) is 68.3 Å². The lowest BCUT2D eigenvalue weighted by molar-refractivity contribution is -0.154. The van der Waals surface area contributed by atoms with E-state index in [0.29, 0.717) is 19.3 Å². The van der Waals surface area contributed by atoms with E-state index in [1.54, 1.807) is 38.4 Å². The molecule has 1 spiro atoms. The molecule has 10 nitrogen and oxygen atoms in total. The van der Waals surface area contributed by atoms with Gasteiger partial charge >= 0.3 is 5.97 Å². The van der Waals surface area contributed by atoms with Crippen LogP contribution in [-0.4, -0.2) is 89.5 Å². The molecule has 0 saturated carbocycles. The maximum Gasteiger partial charge on any atom is 0.310 e. The van der Waals surface area contributed by atoms with Crippen molar-refractivity contribution in [1.82, 2.24) is 24.8 Å². The van der Waals surface area contributed by atoms with Crippen LogP contribution in [-0.2, 0) is 25.8 Å². The van der Waals surface area contributed by atoms with Crippen molar-refractivity contribution in [2.24, 2.45) is 17.8 Å². The lowest BCUT2D eigenvalue weighted by atomic mass is 9.71. The number of nitrogens with zero attached hydrogens (tertiary/aromatic N) is 5. The number of amides is 2. The first-order chi connectivity index (χ1) is 19.8. The molecule has 1 N–H and O–H groups in total. The van der Waals surface area contributed by atoms with Crippen LogP contribution in [0.2, 0.25) is 0 Å². The van der Waals surface area contributed by atoms with Gasteiger partial charge < -0.3 is 19.6 Å². The number of aromatic nitrogens is 3. The van der Waals surface area contributed by atoms with Crippen molar-refractivity contribution >= 4 is 40.6 Å². The number of carbonyl (C=O) groups excluding carboxylic acids is 3. The fraction of sp³-hybridized carbons (Fsp3) is 0.567. The highest BCUT2D eigenvalue weighted by atomic mass is 32.2. The molecule has 1 aromatic carbocycles. The molecule has 3 aliphatic heterocycles. The molecule has 220 valence electrons. The molecule has 3 aliphatic rings. The molecule has 0 aliphatic carbocycles. The van der Waals surface area contributed by atoms with Crippen LogP contribution in [0.1, 0.15) is 39.5 Å². The Balaban J connectivity index is 1.53. The Morgan fingerprint density at radius 2 is 2.07 bits per heavy atom. The van der Waals surface area contributed by atoms with Crippen LogP contribution in [0.3, 0.4) is 0 Å². The first-order valence-electron chi connectivity index (χ1n) is 14.3. The number of para-hydroxylation sites is 1. The normalized spacial score (nSPS) is 27.3. The van der Waals surface area contributed by atoms with E-state index in [1.165, 1.54) is 0 Å². The van der Waals surface area contributed by atoms with E-state index >= 15 is 0 Å². The summed E-state index contributed by atoms with van der Waals surface area (Å²) in [4.78, 5) is 45.6. The number of thioether (sulfide) groups is 1. The van der Waals surface area contributed by atoms with Crippen molar-refractivity contribution in [3.8, 4) is 0 Å². The Morgan fingerprint density at radius 1 is 1.29 bits per heavy atom. The smallest absolute Gasteiger partial charge is 0.310 e. The summed E-state index contributed by atoms with van der Waals surface area (Å²) in [5.41, 5.74) is 1.51. The number of fused-ring (bicyclic) bond motifs is 2. The fourth-order valence-electron chi connectivity index (χ4n) is 6.92. The number of hydrogen-bond donors (Lipinski definition) is 1. The second-order valence-electron chi connectivity index (χ2n) is 11.6. The van der Waals surface area contributed by atoms with E-state index in [4.69, 9.17) is 4.74 Å². The standard InChI is InChI=1S/C30H39N5O5S/c1-5-7-15-40-29(39)24-23-12-13-30(41-23)25(24)27(37)35(20(17-36)16-19(3)4)26(30)28(38)33(14-6-2)18-34-22-11-9-8-10-21(22)31-32-34/h5-6,8-11,19-20,23-26,36H,1-2,7,12-18H2,3-4H3/t20-,23+,24-,25+,26?,30?/m1/s1. The third-order valence-electron chi connectivity index (χ3n) is 8.54. The zero-order valence-electron chi connectivity index (χ0n) is 23.7. The summed E-state index contributed by atoms with van der Waals surface area (Å²) < 4.78 is 6.47. The summed E-state index contributed by atoms with van der Waals surface area (Å²) in [6.07, 6.45) is 5.76. The minimum atomic E-state index is -0.841. The van der Waals surface area contributed by atoms with Gasteiger partial charge in [-0.1, -0.05) is 43.3 Å². The van der Waals surface area contributed by atoms with E-state index in [1.807, 2.05) is 38.1 Å². The van der Waals surface area contributed by atoms with Crippen LogP contribution in [0.25, 0.3) is 11.0 Å². The van der Waals surface area contributed by atoms with E-state index in [0.717, 1.165) is 17.5 Å². The topological polar surface area (TPSA) is 118 Å². The Morgan fingerprint density at radius 3 is 2.78 bits per heavy atom. The lowest BCUT2D eigenvalue weighted by Crippen LogP contribution is -2.57. The SMILES string of the molecule is C=CCCOC(=O)[C@@H]1[C@@H]2CCC3(S2)C(C(=O)N(CC=C)Cn2nnc4ccccc42)N([C@@H](CO)CC(C)C)C(=O)[C@H]13. The quantitative estimate of drug-likeness (QED) is 0.218. The van der Waals surface area contributed by atoms with Gasteiger partial charge in [-0.05, 0) is 43.7 Å². The van der Waals surface area contributed by atoms with Crippen molar-refractivity contribution in [3.05, 3.63) is 49.6 Å². The molecule has 0 radical (unpaired) electrons. The number of ether oxygens (including phenoxy) is 1. The molecule has 4 heterocycles. The van der Waals surface area contributed by atoms with Crippen LogP contribution in [0.4, 0.5) is 0 Å². The zero-order valence-corrected chi connectivity index (χ0v) is 24.5. The molecule has 11 heteroatoms. The second-order valence-corrected chi connectivity index (χ2v) is 13.2. The highest BCUT2D eigenvalue weighted by Crippen LogP contribution is 2.67. The van der Waals surface area contributed by atoms with Crippen molar-refractivity contribution in [1.29, 1.82) is 0 Å². The molecule has 2 bridgehead atoms. The average molecular weight is 582 g/mol. The van der Waals surface area contributed by atoms with E-state index < -0.39 is 34.6 Å². The van der Waals surface area contributed by atoms with E-state index in [2.05, 4.69) is 23.5 Å². The number of carbonyl (C=O) groups is 3. The molecule has 41 heavy (non-hydrogen) atoms. The molecule has 1 aromatic heterocycles. The molecule has 5 rings (SSSR count). The van der Waals surface area contributed by atoms with E-state index in [9.17, 15) is 19.5 Å². The lowest BCUT2D eigenvalue weighted by Gasteiger charge is -2.40. The number of rotatable bonds is 13. The zero-order chi connectivity index (χ0) is 29.3. The van der Waals surface area contributed by atoms with Gasteiger partial charge in [0.2, 0.25) is 11.8 Å². The Hall–Kier alpha value is -3.18. The average Bonchev–Trinajstić information content (AvgIpc) is 3.70. The summed E-state index contributed by atoms with van der Waals surface area (Å²) in [6.45, 7) is 11.9. The van der Waals surface area contributed by atoms with Gasteiger partial charge in [-0.3, -0.25) is 14.4 Å². The van der Waals surface area contributed by atoms with Gasteiger partial charge in [-0.25, -0.2) is 4.68 Å². The van der Waals surface area contributed by atoms with Crippen molar-refractivity contribution in [3.63, 3.8) is 0 Å². The summed E-state index contributed by atoms with van der Waals surface area (Å²) in [7, 11) is 0.